The van der Waals surface area contributed by atoms with Gasteiger partial charge in [0.25, 0.3) is 6.01 Å². The molecule has 0 unspecified atom stereocenters. The largest absolute Gasteiger partial charge is 0.498 e. The molecule has 0 bridgehead atoms. The van der Waals surface area contributed by atoms with Crippen LogP contribution in [0.4, 0.5) is 4.39 Å². The fourth-order valence-corrected chi connectivity index (χ4v) is 2.45. The quantitative estimate of drug-likeness (QED) is 0.863. The van der Waals surface area contributed by atoms with Crippen molar-refractivity contribution in [2.75, 3.05) is 0 Å². The van der Waals surface area contributed by atoms with Gasteiger partial charge in [-0.3, -0.25) is 0 Å². The first kappa shape index (κ1) is 14.6. The van der Waals surface area contributed by atoms with Gasteiger partial charge < -0.3 is 18.8 Å². The lowest BCUT2D eigenvalue weighted by atomic mass is 9.77. The zero-order valence-electron chi connectivity index (χ0n) is 12.6. The molecule has 1 N–H and O–H groups in total. The van der Waals surface area contributed by atoms with Gasteiger partial charge in [-0.15, -0.1) is 0 Å². The smallest absolute Gasteiger partial charge is 0.431 e. The molecule has 1 fully saturated rings. The van der Waals surface area contributed by atoms with Crippen molar-refractivity contribution in [2.24, 2.45) is 0 Å². The normalized spacial score (nSPS) is 20.4. The molecular weight excluding hydrogens is 274 g/mol. The van der Waals surface area contributed by atoms with Crippen LogP contribution in [0.3, 0.4) is 0 Å². The van der Waals surface area contributed by atoms with Crippen LogP contribution in [0.5, 0.6) is 0 Å². The number of aliphatic hydroxyl groups excluding tert-OH is 1. The Labute approximate surface area is 123 Å². The predicted octanol–water partition coefficient (Wildman–Crippen LogP) is 2.36. The van der Waals surface area contributed by atoms with Crippen LogP contribution in [0.25, 0.3) is 11.0 Å². The van der Waals surface area contributed by atoms with Crippen LogP contribution in [-0.2, 0) is 15.9 Å². The number of hydrogen-bond acceptors (Lipinski definition) is 4. The third kappa shape index (κ3) is 2.27. The lowest BCUT2D eigenvalue weighted by Crippen LogP contribution is -2.41. The minimum absolute atomic E-state index is 0.144. The Bertz CT molecular complexity index is 676. The van der Waals surface area contributed by atoms with E-state index in [2.05, 4.69) is 0 Å². The van der Waals surface area contributed by atoms with Crippen LogP contribution in [0.15, 0.2) is 22.6 Å². The molecule has 112 valence electrons. The van der Waals surface area contributed by atoms with Gasteiger partial charge in [0.05, 0.1) is 17.8 Å². The fraction of sp³-hybridized carbons (Fsp3) is 0.467. The van der Waals surface area contributed by atoms with E-state index in [1.54, 1.807) is 12.1 Å². The Hall–Kier alpha value is -1.37. The highest BCUT2D eigenvalue weighted by Gasteiger charge is 2.52. The molecule has 0 saturated carbocycles. The molecule has 4 nitrogen and oxygen atoms in total. The molecule has 0 spiro atoms. The lowest BCUT2D eigenvalue weighted by molar-refractivity contribution is 0.00578. The number of halogens is 1. The van der Waals surface area contributed by atoms with Crippen molar-refractivity contribution in [1.82, 2.24) is 0 Å². The minimum Gasteiger partial charge on any atom is -0.431 e. The van der Waals surface area contributed by atoms with Gasteiger partial charge in [0.15, 0.2) is 0 Å². The molecule has 0 aliphatic carbocycles. The van der Waals surface area contributed by atoms with Crippen molar-refractivity contribution in [3.8, 4) is 0 Å². The number of rotatable bonds is 2. The predicted molar refractivity (Wildman–Crippen MR) is 77.8 cm³/mol. The third-order valence-electron chi connectivity index (χ3n) is 4.36. The molecule has 0 amide bonds. The second-order valence-corrected chi connectivity index (χ2v) is 6.40. The highest BCUT2D eigenvalue weighted by molar-refractivity contribution is 6.64. The average molecular weight is 292 g/mol. The summed E-state index contributed by atoms with van der Waals surface area (Å²) < 4.78 is 30.5. The Morgan fingerprint density at radius 1 is 1.10 bits per heavy atom. The van der Waals surface area contributed by atoms with Crippen LogP contribution in [0.2, 0.25) is 0 Å². The van der Waals surface area contributed by atoms with Gasteiger partial charge in [-0.25, -0.2) is 0 Å². The van der Waals surface area contributed by atoms with Crippen LogP contribution in [0, 0.1) is 6.01 Å². The second-order valence-electron chi connectivity index (χ2n) is 6.40. The Kier molecular flexibility index (Phi) is 3.17. The molecule has 2 heterocycles. The summed E-state index contributed by atoms with van der Waals surface area (Å²) in [6.07, 6.45) is 0. The maximum atomic E-state index is 13.4. The monoisotopic (exact) mass is 292 g/mol. The van der Waals surface area contributed by atoms with E-state index in [9.17, 15) is 9.50 Å². The number of fused-ring (bicyclic) bond motifs is 1. The molecular formula is C15H18BFO4. The van der Waals surface area contributed by atoms with Crippen molar-refractivity contribution in [2.45, 2.75) is 45.5 Å². The summed E-state index contributed by atoms with van der Waals surface area (Å²) in [4.78, 5) is 0. The first-order valence-corrected chi connectivity index (χ1v) is 6.92. The molecule has 3 rings (SSSR count). The van der Waals surface area contributed by atoms with Gasteiger partial charge in [-0.05, 0) is 39.3 Å². The molecule has 1 aliphatic rings. The first-order valence-electron chi connectivity index (χ1n) is 6.92. The number of aliphatic hydroxyl groups is 1. The van der Waals surface area contributed by atoms with Crippen LogP contribution in [0.1, 0.15) is 33.3 Å². The Balaban J connectivity index is 2.12. The van der Waals surface area contributed by atoms with Crippen LogP contribution in [-0.4, -0.2) is 23.4 Å². The summed E-state index contributed by atoms with van der Waals surface area (Å²) in [6, 6.07) is 4.05. The van der Waals surface area contributed by atoms with Crippen LogP contribution < -0.4 is 5.46 Å². The van der Waals surface area contributed by atoms with Gasteiger partial charge in [0, 0.05) is 16.9 Å². The number of furan rings is 1. The zero-order chi connectivity index (χ0) is 15.4. The lowest BCUT2D eigenvalue weighted by Gasteiger charge is -2.32. The van der Waals surface area contributed by atoms with Gasteiger partial charge >= 0.3 is 7.12 Å². The summed E-state index contributed by atoms with van der Waals surface area (Å²) in [5, 5.41) is 9.96. The van der Waals surface area contributed by atoms with Gasteiger partial charge in [-0.1, -0.05) is 6.07 Å². The summed E-state index contributed by atoms with van der Waals surface area (Å²) >= 11 is 0. The average Bonchev–Trinajstić information content (AvgIpc) is 2.84. The molecule has 1 saturated heterocycles. The fourth-order valence-electron chi connectivity index (χ4n) is 2.45. The third-order valence-corrected chi connectivity index (χ3v) is 4.36. The Morgan fingerprint density at radius 3 is 2.29 bits per heavy atom. The van der Waals surface area contributed by atoms with Crippen molar-refractivity contribution in [3.63, 3.8) is 0 Å². The highest BCUT2D eigenvalue weighted by Crippen LogP contribution is 2.37. The van der Waals surface area contributed by atoms with Crippen molar-refractivity contribution < 1.29 is 23.2 Å². The van der Waals surface area contributed by atoms with Gasteiger partial charge in [0.1, 0.15) is 5.58 Å². The van der Waals surface area contributed by atoms with E-state index in [4.69, 9.17) is 13.7 Å². The number of benzene rings is 1. The van der Waals surface area contributed by atoms with E-state index in [-0.39, 0.29) is 6.61 Å². The maximum absolute atomic E-state index is 13.4. The highest BCUT2D eigenvalue weighted by atomic mass is 19.1. The molecule has 1 aromatic carbocycles. The maximum Gasteiger partial charge on any atom is 0.498 e. The van der Waals surface area contributed by atoms with E-state index in [1.165, 1.54) is 6.07 Å². The van der Waals surface area contributed by atoms with Gasteiger partial charge in [-0.2, -0.15) is 4.39 Å². The van der Waals surface area contributed by atoms with Crippen molar-refractivity contribution in [3.05, 3.63) is 29.8 Å². The van der Waals surface area contributed by atoms with E-state index in [0.29, 0.717) is 22.0 Å². The molecule has 2 aromatic rings. The standard InChI is InChI=1S/C15H18BFO4/c1-14(2)15(3,4)21-16(20-14)11-6-9(8-18)5-10-7-12(17)19-13(10)11/h5-7,18H,8H2,1-4H3. The van der Waals surface area contributed by atoms with E-state index >= 15 is 0 Å². The molecule has 0 atom stereocenters. The van der Waals surface area contributed by atoms with Crippen LogP contribution >= 0.6 is 0 Å². The summed E-state index contributed by atoms with van der Waals surface area (Å²) in [5.74, 6) is 0. The SMILES string of the molecule is CC1(C)OB(c2cc(CO)cc3cc(F)oc23)OC1(C)C. The van der Waals surface area contributed by atoms with E-state index in [0.717, 1.165) is 0 Å². The van der Waals surface area contributed by atoms with E-state index < -0.39 is 24.3 Å². The zero-order valence-corrected chi connectivity index (χ0v) is 12.6. The first-order chi connectivity index (χ1) is 9.73. The minimum atomic E-state index is -0.669. The van der Waals surface area contributed by atoms with Gasteiger partial charge in [0.2, 0.25) is 0 Å². The second kappa shape index (κ2) is 4.56. The number of hydrogen-bond donors (Lipinski definition) is 1. The summed E-state index contributed by atoms with van der Waals surface area (Å²) in [5.41, 5.74) is 0.657. The van der Waals surface area contributed by atoms with Crippen molar-refractivity contribution >= 4 is 23.6 Å². The van der Waals surface area contributed by atoms with E-state index in [1.807, 2.05) is 27.7 Å². The topological polar surface area (TPSA) is 51.8 Å². The molecule has 0 radical (unpaired) electrons. The molecule has 21 heavy (non-hydrogen) atoms. The Morgan fingerprint density at radius 2 is 1.71 bits per heavy atom. The molecule has 1 aromatic heterocycles. The van der Waals surface area contributed by atoms with Crippen molar-refractivity contribution in [1.29, 1.82) is 0 Å². The summed E-state index contributed by atoms with van der Waals surface area (Å²) in [7, 11) is -0.658. The molecule has 1 aliphatic heterocycles. The molecule has 6 heteroatoms. The summed E-state index contributed by atoms with van der Waals surface area (Å²) in [6.45, 7) is 7.65.